The number of phenols is 2. The number of aromatic hydroxyl groups is 2. The molecule has 1 aliphatic rings. The lowest BCUT2D eigenvalue weighted by Crippen LogP contribution is -2.54. The highest BCUT2D eigenvalue weighted by atomic mass is 16.7. The Kier molecular flexibility index (Phi) is 5.60. The Morgan fingerprint density at radius 1 is 1.23 bits per heavy atom. The van der Waals surface area contributed by atoms with Crippen molar-refractivity contribution in [3.63, 3.8) is 0 Å². The molecule has 1 heterocycles. The molecule has 1 unspecified atom stereocenters. The van der Waals surface area contributed by atoms with Gasteiger partial charge in [0.15, 0.2) is 6.29 Å². The summed E-state index contributed by atoms with van der Waals surface area (Å²) in [6, 6.07) is 4.39. The molecule has 0 bridgehead atoms. The lowest BCUT2D eigenvalue weighted by atomic mass is 10.0. The van der Waals surface area contributed by atoms with E-state index < -0.39 is 24.6 Å². The summed E-state index contributed by atoms with van der Waals surface area (Å²) in [6.45, 7) is 1.68. The molecular weight excluding hydrogens is 292 g/mol. The van der Waals surface area contributed by atoms with Crippen molar-refractivity contribution in [2.24, 2.45) is 0 Å². The van der Waals surface area contributed by atoms with Crippen LogP contribution in [0, 0.1) is 0 Å². The summed E-state index contributed by atoms with van der Waals surface area (Å²) in [7, 11) is 0. The van der Waals surface area contributed by atoms with Crippen molar-refractivity contribution in [1.82, 2.24) is 0 Å². The largest absolute Gasteiger partial charge is 0.508 e. The summed E-state index contributed by atoms with van der Waals surface area (Å²) < 4.78 is 10.7. The lowest BCUT2D eigenvalue weighted by molar-refractivity contribution is -0.281. The molecule has 7 heteroatoms. The molecule has 124 valence electrons. The van der Waals surface area contributed by atoms with Gasteiger partial charge in [-0.25, -0.2) is 0 Å². The van der Waals surface area contributed by atoms with E-state index in [0.29, 0.717) is 18.4 Å². The number of aryl methyl sites for hydroxylation is 1. The van der Waals surface area contributed by atoms with Gasteiger partial charge in [-0.1, -0.05) is 6.07 Å². The third kappa shape index (κ3) is 4.08. The van der Waals surface area contributed by atoms with E-state index in [1.54, 1.807) is 13.0 Å². The van der Waals surface area contributed by atoms with Crippen LogP contribution in [0.1, 0.15) is 18.9 Å². The molecule has 0 saturated carbocycles. The number of hydrogen-bond acceptors (Lipinski definition) is 7. The summed E-state index contributed by atoms with van der Waals surface area (Å²) in [5.74, 6) is 0.0107. The average molecular weight is 314 g/mol. The van der Waals surface area contributed by atoms with Crippen LogP contribution in [0.4, 0.5) is 0 Å². The minimum Gasteiger partial charge on any atom is -0.508 e. The van der Waals surface area contributed by atoms with Crippen LogP contribution < -0.4 is 0 Å². The number of rotatable bonds is 5. The van der Waals surface area contributed by atoms with Crippen LogP contribution in [0.25, 0.3) is 0 Å². The van der Waals surface area contributed by atoms with E-state index >= 15 is 0 Å². The Labute approximate surface area is 128 Å². The maximum atomic E-state index is 9.79. The zero-order chi connectivity index (χ0) is 16.3. The number of aliphatic hydroxyl groups is 3. The van der Waals surface area contributed by atoms with E-state index in [0.717, 1.165) is 0 Å². The van der Waals surface area contributed by atoms with Gasteiger partial charge in [0.25, 0.3) is 0 Å². The van der Waals surface area contributed by atoms with E-state index in [1.165, 1.54) is 12.1 Å². The third-order valence-electron chi connectivity index (χ3n) is 3.71. The van der Waals surface area contributed by atoms with Crippen molar-refractivity contribution < 1.29 is 35.0 Å². The number of phenolic OH excluding ortho intramolecular Hbond substituents is 2. The molecule has 0 aliphatic carbocycles. The van der Waals surface area contributed by atoms with Gasteiger partial charge in [0.2, 0.25) is 0 Å². The van der Waals surface area contributed by atoms with Crippen molar-refractivity contribution in [2.75, 3.05) is 6.61 Å². The van der Waals surface area contributed by atoms with E-state index in [-0.39, 0.29) is 24.2 Å². The molecule has 7 nitrogen and oxygen atoms in total. The average Bonchev–Trinajstić information content (AvgIpc) is 2.47. The summed E-state index contributed by atoms with van der Waals surface area (Å²) in [4.78, 5) is 0. The zero-order valence-corrected chi connectivity index (χ0v) is 12.3. The summed E-state index contributed by atoms with van der Waals surface area (Å²) in [6.07, 6.45) is -3.97. The summed E-state index contributed by atoms with van der Waals surface area (Å²) >= 11 is 0. The molecule has 5 N–H and O–H groups in total. The van der Waals surface area contributed by atoms with Crippen LogP contribution in [-0.4, -0.2) is 62.8 Å². The van der Waals surface area contributed by atoms with Crippen molar-refractivity contribution in [2.45, 2.75) is 50.5 Å². The van der Waals surface area contributed by atoms with E-state index in [4.69, 9.17) is 9.47 Å². The topological polar surface area (TPSA) is 120 Å². The molecule has 0 radical (unpaired) electrons. The smallest absolute Gasteiger partial charge is 0.186 e. The monoisotopic (exact) mass is 314 g/mol. The molecule has 0 aromatic heterocycles. The van der Waals surface area contributed by atoms with Crippen LogP contribution in [0.15, 0.2) is 18.2 Å². The molecule has 1 saturated heterocycles. The second kappa shape index (κ2) is 7.26. The Morgan fingerprint density at radius 2 is 1.95 bits per heavy atom. The Morgan fingerprint density at radius 3 is 2.64 bits per heavy atom. The normalized spacial score (nSPS) is 30.2. The minimum absolute atomic E-state index is 0.00294. The predicted molar refractivity (Wildman–Crippen MR) is 76.4 cm³/mol. The van der Waals surface area contributed by atoms with Gasteiger partial charge in [-0.05, 0) is 31.4 Å². The maximum absolute atomic E-state index is 9.79. The first kappa shape index (κ1) is 17.0. The van der Waals surface area contributed by atoms with E-state index in [1.807, 2.05) is 0 Å². The number of ether oxygens (including phenoxy) is 2. The van der Waals surface area contributed by atoms with Gasteiger partial charge in [0.05, 0.1) is 12.7 Å². The fourth-order valence-corrected chi connectivity index (χ4v) is 2.32. The van der Waals surface area contributed by atoms with Crippen LogP contribution >= 0.6 is 0 Å². The molecular formula is C15H22O7. The van der Waals surface area contributed by atoms with E-state index in [9.17, 15) is 25.5 Å². The SMILES string of the molecule is CC(CCc1ccc(O)cc1O)O[C@@H]1OC[C@@H](O)[C@H](O)[C@H]1O. The van der Waals surface area contributed by atoms with E-state index in [2.05, 4.69) is 0 Å². The van der Waals surface area contributed by atoms with Crippen LogP contribution in [-0.2, 0) is 15.9 Å². The predicted octanol–water partition coefficient (Wildman–Crippen LogP) is -0.125. The molecule has 0 amide bonds. The second-order valence-corrected chi connectivity index (χ2v) is 5.55. The van der Waals surface area contributed by atoms with Crippen molar-refractivity contribution in [1.29, 1.82) is 0 Å². The van der Waals surface area contributed by atoms with Crippen LogP contribution in [0.2, 0.25) is 0 Å². The standard InChI is InChI=1S/C15H22O7/c1-8(2-3-9-4-5-10(16)6-11(9)17)22-15-14(20)13(19)12(18)7-21-15/h4-6,8,12-20H,2-3,7H2,1H3/t8?,12-,13+,14-,15+/m1/s1. The van der Waals surface area contributed by atoms with Crippen molar-refractivity contribution in [3.8, 4) is 11.5 Å². The fourth-order valence-electron chi connectivity index (χ4n) is 2.32. The first-order valence-corrected chi connectivity index (χ1v) is 7.20. The Hall–Kier alpha value is -1.38. The highest BCUT2D eigenvalue weighted by Gasteiger charge is 2.38. The molecule has 1 aromatic rings. The molecule has 22 heavy (non-hydrogen) atoms. The molecule has 1 fully saturated rings. The van der Waals surface area contributed by atoms with Crippen LogP contribution in [0.5, 0.6) is 11.5 Å². The van der Waals surface area contributed by atoms with Crippen molar-refractivity contribution >= 4 is 0 Å². The first-order chi connectivity index (χ1) is 10.4. The van der Waals surface area contributed by atoms with Gasteiger partial charge in [-0.2, -0.15) is 0 Å². The molecule has 1 aliphatic heterocycles. The van der Waals surface area contributed by atoms with Gasteiger partial charge < -0.3 is 35.0 Å². The zero-order valence-electron chi connectivity index (χ0n) is 12.3. The van der Waals surface area contributed by atoms with Gasteiger partial charge in [-0.15, -0.1) is 0 Å². The number of benzene rings is 1. The summed E-state index contributed by atoms with van der Waals surface area (Å²) in [5.41, 5.74) is 0.675. The molecule has 0 spiro atoms. The highest BCUT2D eigenvalue weighted by molar-refractivity contribution is 5.38. The quantitative estimate of drug-likeness (QED) is 0.514. The van der Waals surface area contributed by atoms with Crippen molar-refractivity contribution in [3.05, 3.63) is 23.8 Å². The molecule has 2 rings (SSSR count). The minimum atomic E-state index is -1.31. The Bertz CT molecular complexity index is 493. The van der Waals surface area contributed by atoms with Gasteiger partial charge >= 0.3 is 0 Å². The van der Waals surface area contributed by atoms with Gasteiger partial charge in [0.1, 0.15) is 29.8 Å². The fraction of sp³-hybridized carbons (Fsp3) is 0.600. The Balaban J connectivity index is 1.84. The maximum Gasteiger partial charge on any atom is 0.186 e. The van der Waals surface area contributed by atoms with Gasteiger partial charge in [0, 0.05) is 6.07 Å². The lowest BCUT2D eigenvalue weighted by Gasteiger charge is -2.36. The third-order valence-corrected chi connectivity index (χ3v) is 3.71. The van der Waals surface area contributed by atoms with Gasteiger partial charge in [-0.3, -0.25) is 0 Å². The highest BCUT2D eigenvalue weighted by Crippen LogP contribution is 2.25. The number of hydrogen-bond donors (Lipinski definition) is 5. The molecule has 5 atom stereocenters. The summed E-state index contributed by atoms with van der Waals surface area (Å²) in [5, 5.41) is 47.7. The molecule has 1 aromatic carbocycles. The first-order valence-electron chi connectivity index (χ1n) is 7.20. The van der Waals surface area contributed by atoms with Crippen LogP contribution in [0.3, 0.4) is 0 Å². The second-order valence-electron chi connectivity index (χ2n) is 5.55. The number of aliphatic hydroxyl groups excluding tert-OH is 3.